The summed E-state index contributed by atoms with van der Waals surface area (Å²) in [5.41, 5.74) is 2.88. The van der Waals surface area contributed by atoms with Crippen molar-refractivity contribution in [2.75, 3.05) is 0 Å². The maximum atomic E-state index is 13.1. The molecule has 130 valence electrons. The lowest BCUT2D eigenvalue weighted by atomic mass is 10.1. The van der Waals surface area contributed by atoms with Crippen LogP contribution in [0.4, 0.5) is 0 Å². The van der Waals surface area contributed by atoms with Crippen molar-refractivity contribution >= 4 is 32.7 Å². The molecular formula is C19H14ClN3O2S. The van der Waals surface area contributed by atoms with Gasteiger partial charge in [0.15, 0.2) is 5.65 Å². The zero-order valence-electron chi connectivity index (χ0n) is 13.8. The summed E-state index contributed by atoms with van der Waals surface area (Å²) in [5, 5.41) is 0.727. The Hall–Kier alpha value is -2.70. The van der Waals surface area contributed by atoms with Crippen LogP contribution in [0.1, 0.15) is 5.56 Å². The number of hydrogen-bond donors (Lipinski definition) is 0. The first-order valence-electron chi connectivity index (χ1n) is 7.88. The normalized spacial score (nSPS) is 11.8. The second-order valence-electron chi connectivity index (χ2n) is 5.89. The van der Waals surface area contributed by atoms with Crippen LogP contribution in [-0.2, 0) is 10.0 Å². The van der Waals surface area contributed by atoms with E-state index in [4.69, 9.17) is 11.6 Å². The standard InChI is InChI=1S/C19H14ClN3O2S/c1-13-7-9-14(10-8-13)16-11-23(19-17(16)18(20)21-12-22-19)26(24,25)15-5-3-2-4-6-15/h2-12H,1H3. The molecule has 0 unspecified atom stereocenters. The first-order chi connectivity index (χ1) is 12.5. The van der Waals surface area contributed by atoms with Crippen LogP contribution in [0.3, 0.4) is 0 Å². The van der Waals surface area contributed by atoms with Crippen LogP contribution in [0.5, 0.6) is 0 Å². The fraction of sp³-hybridized carbons (Fsp3) is 0.0526. The Morgan fingerprint density at radius 3 is 2.35 bits per heavy atom. The lowest BCUT2D eigenvalue weighted by molar-refractivity contribution is 0.589. The molecule has 26 heavy (non-hydrogen) atoms. The summed E-state index contributed by atoms with van der Waals surface area (Å²) in [6, 6.07) is 16.0. The van der Waals surface area contributed by atoms with Gasteiger partial charge in [0.1, 0.15) is 11.5 Å². The molecule has 0 aliphatic carbocycles. The molecule has 0 saturated carbocycles. The van der Waals surface area contributed by atoms with E-state index in [1.165, 1.54) is 10.3 Å². The monoisotopic (exact) mass is 383 g/mol. The van der Waals surface area contributed by atoms with Crippen LogP contribution in [0.2, 0.25) is 5.15 Å². The topological polar surface area (TPSA) is 64.8 Å². The van der Waals surface area contributed by atoms with Gasteiger partial charge in [-0.25, -0.2) is 22.4 Å². The van der Waals surface area contributed by atoms with Crippen LogP contribution in [-0.4, -0.2) is 22.4 Å². The van der Waals surface area contributed by atoms with E-state index in [1.54, 1.807) is 36.5 Å². The van der Waals surface area contributed by atoms with E-state index in [-0.39, 0.29) is 15.7 Å². The van der Waals surface area contributed by atoms with Gasteiger partial charge in [-0.15, -0.1) is 0 Å². The zero-order valence-corrected chi connectivity index (χ0v) is 15.4. The van der Waals surface area contributed by atoms with Crippen LogP contribution < -0.4 is 0 Å². The van der Waals surface area contributed by atoms with Crippen molar-refractivity contribution in [3.05, 3.63) is 77.8 Å². The summed E-state index contributed by atoms with van der Waals surface area (Å²) >= 11 is 6.29. The molecule has 0 fully saturated rings. The molecule has 0 atom stereocenters. The lowest BCUT2D eigenvalue weighted by Gasteiger charge is -2.06. The third-order valence-corrected chi connectivity index (χ3v) is 6.12. The first kappa shape index (κ1) is 16.8. The van der Waals surface area contributed by atoms with Crippen molar-refractivity contribution in [1.82, 2.24) is 13.9 Å². The number of hydrogen-bond acceptors (Lipinski definition) is 4. The van der Waals surface area contributed by atoms with E-state index in [2.05, 4.69) is 9.97 Å². The van der Waals surface area contributed by atoms with Crippen LogP contribution >= 0.6 is 11.6 Å². The first-order valence-corrected chi connectivity index (χ1v) is 9.69. The van der Waals surface area contributed by atoms with Gasteiger partial charge in [0.25, 0.3) is 10.0 Å². The van der Waals surface area contributed by atoms with E-state index < -0.39 is 10.0 Å². The molecule has 0 bridgehead atoms. The van der Waals surface area contributed by atoms with Crippen molar-refractivity contribution in [3.8, 4) is 11.1 Å². The Kier molecular flexibility index (Phi) is 4.01. The van der Waals surface area contributed by atoms with Gasteiger partial charge in [-0.05, 0) is 24.6 Å². The van der Waals surface area contributed by atoms with Crippen molar-refractivity contribution in [2.45, 2.75) is 11.8 Å². The van der Waals surface area contributed by atoms with Crippen molar-refractivity contribution < 1.29 is 8.42 Å². The number of benzene rings is 2. The smallest absolute Gasteiger partial charge is 0.224 e. The Morgan fingerprint density at radius 2 is 1.65 bits per heavy atom. The number of fused-ring (bicyclic) bond motifs is 1. The van der Waals surface area contributed by atoms with Crippen LogP contribution in [0, 0.1) is 6.92 Å². The fourth-order valence-electron chi connectivity index (χ4n) is 2.84. The van der Waals surface area contributed by atoms with E-state index in [0.717, 1.165) is 11.1 Å². The van der Waals surface area contributed by atoms with Crippen molar-refractivity contribution in [2.24, 2.45) is 0 Å². The third-order valence-electron chi connectivity index (χ3n) is 4.17. The molecule has 2 aromatic heterocycles. The van der Waals surface area contributed by atoms with Crippen molar-refractivity contribution in [3.63, 3.8) is 0 Å². The minimum Gasteiger partial charge on any atom is -0.224 e. The zero-order chi connectivity index (χ0) is 18.3. The van der Waals surface area contributed by atoms with Gasteiger partial charge in [0.2, 0.25) is 0 Å². The Bertz CT molecular complexity index is 1200. The predicted molar refractivity (Wildman–Crippen MR) is 102 cm³/mol. The van der Waals surface area contributed by atoms with Gasteiger partial charge in [-0.1, -0.05) is 59.6 Å². The van der Waals surface area contributed by atoms with Crippen molar-refractivity contribution in [1.29, 1.82) is 0 Å². The molecule has 2 heterocycles. The molecule has 4 rings (SSSR count). The SMILES string of the molecule is Cc1ccc(-c2cn(S(=O)(=O)c3ccccc3)c3ncnc(Cl)c23)cc1. The quantitative estimate of drug-likeness (QED) is 0.495. The molecule has 0 N–H and O–H groups in total. The number of halogens is 1. The number of aromatic nitrogens is 3. The van der Waals surface area contributed by atoms with Gasteiger partial charge in [-0.3, -0.25) is 0 Å². The second kappa shape index (κ2) is 6.23. The molecule has 0 aliphatic heterocycles. The molecule has 0 radical (unpaired) electrons. The van der Waals surface area contributed by atoms with Gasteiger partial charge in [-0.2, -0.15) is 0 Å². The molecule has 0 spiro atoms. The fourth-order valence-corrected chi connectivity index (χ4v) is 4.41. The molecule has 2 aromatic carbocycles. The maximum Gasteiger partial charge on any atom is 0.269 e. The van der Waals surface area contributed by atoms with Gasteiger partial charge >= 0.3 is 0 Å². The molecule has 0 aliphatic rings. The van der Waals surface area contributed by atoms with Gasteiger partial charge in [0, 0.05) is 11.8 Å². The number of rotatable bonds is 3. The molecule has 0 amide bonds. The highest BCUT2D eigenvalue weighted by molar-refractivity contribution is 7.90. The number of nitrogens with zero attached hydrogens (tertiary/aromatic N) is 3. The molecule has 7 heteroatoms. The third kappa shape index (κ3) is 2.67. The summed E-state index contributed by atoms with van der Waals surface area (Å²) in [5.74, 6) is 0. The van der Waals surface area contributed by atoms with Crippen LogP contribution in [0.25, 0.3) is 22.2 Å². The summed E-state index contributed by atoms with van der Waals surface area (Å²) in [4.78, 5) is 8.39. The highest BCUT2D eigenvalue weighted by Gasteiger charge is 2.24. The summed E-state index contributed by atoms with van der Waals surface area (Å²) in [7, 11) is -3.81. The lowest BCUT2D eigenvalue weighted by Crippen LogP contribution is -2.12. The molecular weight excluding hydrogens is 370 g/mol. The highest BCUT2D eigenvalue weighted by atomic mass is 35.5. The Balaban J connectivity index is 2.04. The minimum atomic E-state index is -3.81. The van der Waals surface area contributed by atoms with Gasteiger partial charge in [0.05, 0.1) is 10.3 Å². The summed E-state index contributed by atoms with van der Waals surface area (Å²) in [6.07, 6.45) is 2.82. The Morgan fingerprint density at radius 1 is 0.962 bits per heavy atom. The molecule has 0 saturated heterocycles. The van der Waals surface area contributed by atoms with E-state index >= 15 is 0 Å². The summed E-state index contributed by atoms with van der Waals surface area (Å²) in [6.45, 7) is 1.99. The predicted octanol–water partition coefficient (Wildman–Crippen LogP) is 4.30. The van der Waals surface area contributed by atoms with Crippen LogP contribution in [0.15, 0.2) is 72.0 Å². The summed E-state index contributed by atoms with van der Waals surface area (Å²) < 4.78 is 27.4. The van der Waals surface area contributed by atoms with E-state index in [0.29, 0.717) is 10.9 Å². The number of aryl methyl sites for hydroxylation is 1. The highest BCUT2D eigenvalue weighted by Crippen LogP contribution is 2.35. The van der Waals surface area contributed by atoms with E-state index in [1.807, 2.05) is 31.2 Å². The maximum absolute atomic E-state index is 13.1. The van der Waals surface area contributed by atoms with E-state index in [9.17, 15) is 8.42 Å². The largest absolute Gasteiger partial charge is 0.269 e. The molecule has 5 nitrogen and oxygen atoms in total. The minimum absolute atomic E-state index is 0.182. The average Bonchev–Trinajstić information content (AvgIpc) is 3.05. The Labute approximate surface area is 156 Å². The van der Waals surface area contributed by atoms with Gasteiger partial charge < -0.3 is 0 Å². The molecule has 4 aromatic rings. The second-order valence-corrected chi connectivity index (χ2v) is 8.06. The average molecular weight is 384 g/mol.